The third-order valence-corrected chi connectivity index (χ3v) is 2.91. The molecule has 0 heterocycles. The van der Waals surface area contributed by atoms with Crippen molar-refractivity contribution in [3.8, 4) is 11.1 Å². The summed E-state index contributed by atoms with van der Waals surface area (Å²) in [6.07, 6.45) is 0.738. The molecule has 19 heavy (non-hydrogen) atoms. The predicted octanol–water partition coefficient (Wildman–Crippen LogP) is 3.76. The van der Waals surface area contributed by atoms with Crippen LogP contribution in [-0.4, -0.2) is 11.6 Å². The monoisotopic (exact) mass is 256 g/mol. The van der Waals surface area contributed by atoms with Gasteiger partial charge in [-0.15, -0.1) is 0 Å². The molecule has 0 saturated carbocycles. The van der Waals surface area contributed by atoms with Crippen LogP contribution >= 0.6 is 0 Å². The van der Waals surface area contributed by atoms with Crippen LogP contribution in [0.2, 0.25) is 0 Å². The van der Waals surface area contributed by atoms with Crippen molar-refractivity contribution in [2.24, 2.45) is 0 Å². The van der Waals surface area contributed by atoms with Crippen molar-refractivity contribution < 1.29 is 5.03 Å². The van der Waals surface area contributed by atoms with Gasteiger partial charge in [-0.2, -0.15) is 0 Å². The zero-order chi connectivity index (χ0) is 13.7. The van der Waals surface area contributed by atoms with Gasteiger partial charge < -0.3 is 0 Å². The van der Waals surface area contributed by atoms with Crippen LogP contribution < -0.4 is 5.01 Å². The molecule has 0 aromatic heterocycles. The second-order valence-corrected chi connectivity index (χ2v) is 4.27. The van der Waals surface area contributed by atoms with E-state index in [0.29, 0.717) is 12.2 Å². The molecular weight excluding hydrogens is 240 g/mol. The summed E-state index contributed by atoms with van der Waals surface area (Å²) in [5, 5.41) is 11.8. The van der Waals surface area contributed by atoms with E-state index in [-0.39, 0.29) is 5.03 Å². The summed E-state index contributed by atoms with van der Waals surface area (Å²) < 4.78 is 0. The van der Waals surface area contributed by atoms with Gasteiger partial charge in [0.15, 0.2) is 5.03 Å². The zero-order valence-electron chi connectivity index (χ0n) is 10.8. The number of nitrogens with zero attached hydrogens (tertiary/aromatic N) is 2. The van der Waals surface area contributed by atoms with Gasteiger partial charge in [0.05, 0.1) is 6.54 Å². The molecule has 0 bridgehead atoms. The topological polar surface area (TPSA) is 46.4 Å². The molecule has 0 aliphatic carbocycles. The van der Waals surface area contributed by atoms with E-state index < -0.39 is 0 Å². The Bertz CT molecular complexity index is 538. The first kappa shape index (κ1) is 13.1. The van der Waals surface area contributed by atoms with Gasteiger partial charge in [0, 0.05) is 0 Å². The van der Waals surface area contributed by atoms with Crippen molar-refractivity contribution in [2.45, 2.75) is 13.3 Å². The number of benzene rings is 2. The van der Waals surface area contributed by atoms with E-state index in [1.54, 1.807) is 12.1 Å². The summed E-state index contributed by atoms with van der Waals surface area (Å²) >= 11 is 0. The number of hydrazine groups is 1. The van der Waals surface area contributed by atoms with Crippen LogP contribution in [0.5, 0.6) is 0 Å². The molecule has 0 spiro atoms. The summed E-state index contributed by atoms with van der Waals surface area (Å²) in [5.74, 6) is 0. The van der Waals surface area contributed by atoms with Crippen LogP contribution in [0.25, 0.3) is 11.1 Å². The summed E-state index contributed by atoms with van der Waals surface area (Å²) in [7, 11) is 0. The van der Waals surface area contributed by atoms with E-state index in [0.717, 1.165) is 17.5 Å². The van der Waals surface area contributed by atoms with Crippen molar-refractivity contribution in [2.75, 3.05) is 11.6 Å². The summed E-state index contributed by atoms with van der Waals surface area (Å²) in [4.78, 5) is 11.0. The van der Waals surface area contributed by atoms with E-state index in [2.05, 4.69) is 0 Å². The lowest BCUT2D eigenvalue weighted by Gasteiger charge is -2.13. The van der Waals surface area contributed by atoms with Crippen molar-refractivity contribution >= 4 is 5.69 Å². The third-order valence-electron chi connectivity index (χ3n) is 2.91. The largest absolute Gasteiger partial charge is 0.234 e. The van der Waals surface area contributed by atoms with Gasteiger partial charge in [-0.1, -0.05) is 54.4 Å². The van der Waals surface area contributed by atoms with E-state index in [9.17, 15) is 10.1 Å². The second kappa shape index (κ2) is 6.00. The minimum absolute atomic E-state index is 0.360. The highest BCUT2D eigenvalue weighted by atomic mass is 16.7. The Hall–Kier alpha value is -2.36. The predicted molar refractivity (Wildman–Crippen MR) is 76.5 cm³/mol. The lowest BCUT2D eigenvalue weighted by molar-refractivity contribution is -0.494. The third kappa shape index (κ3) is 3.10. The lowest BCUT2D eigenvalue weighted by Crippen LogP contribution is -2.30. The second-order valence-electron chi connectivity index (χ2n) is 4.27. The van der Waals surface area contributed by atoms with Crippen LogP contribution in [0.3, 0.4) is 0 Å². The van der Waals surface area contributed by atoms with Gasteiger partial charge in [-0.25, -0.2) is 10.1 Å². The standard InChI is InChI=1S/C15H16N2O2/c1-2-12-16(17(18)19)15-10-8-14(9-11-15)13-6-4-3-5-7-13/h3-11H,2,12H2,1H3. The number of hydrogen-bond donors (Lipinski definition) is 0. The van der Waals surface area contributed by atoms with E-state index >= 15 is 0 Å². The maximum absolute atomic E-state index is 11.0. The molecule has 0 unspecified atom stereocenters. The number of hydrogen-bond acceptors (Lipinski definition) is 2. The van der Waals surface area contributed by atoms with Gasteiger partial charge >= 0.3 is 0 Å². The highest BCUT2D eigenvalue weighted by Crippen LogP contribution is 2.23. The highest BCUT2D eigenvalue weighted by molar-refractivity contribution is 5.65. The minimum Gasteiger partial charge on any atom is -0.234 e. The quantitative estimate of drug-likeness (QED) is 0.604. The normalized spacial score (nSPS) is 10.2. The molecule has 98 valence electrons. The Morgan fingerprint density at radius 1 is 1.00 bits per heavy atom. The fourth-order valence-electron chi connectivity index (χ4n) is 1.97. The molecule has 0 saturated heterocycles. The molecule has 4 heteroatoms. The average molecular weight is 256 g/mol. The maximum Gasteiger partial charge on any atom is 0.165 e. The summed E-state index contributed by atoms with van der Waals surface area (Å²) in [6, 6.07) is 17.4. The van der Waals surface area contributed by atoms with Gasteiger partial charge in [0.2, 0.25) is 0 Å². The average Bonchev–Trinajstić information content (AvgIpc) is 2.46. The molecule has 0 aliphatic rings. The fraction of sp³-hybridized carbons (Fsp3) is 0.200. The molecule has 0 radical (unpaired) electrons. The molecule has 0 N–H and O–H groups in total. The molecule has 4 nitrogen and oxygen atoms in total. The molecule has 0 aliphatic heterocycles. The van der Waals surface area contributed by atoms with Crippen molar-refractivity contribution in [1.82, 2.24) is 0 Å². The Kier molecular flexibility index (Phi) is 4.13. The zero-order valence-corrected chi connectivity index (χ0v) is 10.8. The van der Waals surface area contributed by atoms with E-state index in [4.69, 9.17) is 0 Å². The number of rotatable bonds is 5. The Morgan fingerprint density at radius 2 is 1.58 bits per heavy atom. The van der Waals surface area contributed by atoms with Crippen molar-refractivity contribution in [3.63, 3.8) is 0 Å². The SMILES string of the molecule is CCCN(c1ccc(-c2ccccc2)cc1)[N+](=O)[O-]. The Balaban J connectivity index is 2.25. The molecule has 2 aromatic rings. The maximum atomic E-state index is 11.0. The fourth-order valence-corrected chi connectivity index (χ4v) is 1.97. The summed E-state index contributed by atoms with van der Waals surface area (Å²) in [5.41, 5.74) is 2.79. The molecule has 0 amide bonds. The molecule has 0 atom stereocenters. The first-order chi connectivity index (χ1) is 9.22. The minimum atomic E-state index is -0.360. The first-order valence-corrected chi connectivity index (χ1v) is 6.29. The number of nitro groups is 1. The van der Waals surface area contributed by atoms with Crippen molar-refractivity contribution in [1.29, 1.82) is 0 Å². The van der Waals surface area contributed by atoms with E-state index in [1.165, 1.54) is 5.01 Å². The number of anilines is 1. The Morgan fingerprint density at radius 3 is 2.11 bits per heavy atom. The lowest BCUT2D eigenvalue weighted by atomic mass is 10.1. The Labute approximate surface area is 112 Å². The van der Waals surface area contributed by atoms with Crippen LogP contribution in [0.4, 0.5) is 5.69 Å². The smallest absolute Gasteiger partial charge is 0.165 e. The van der Waals surface area contributed by atoms with Crippen LogP contribution in [0, 0.1) is 10.1 Å². The molecule has 0 fully saturated rings. The van der Waals surface area contributed by atoms with Crippen LogP contribution in [-0.2, 0) is 0 Å². The van der Waals surface area contributed by atoms with Crippen LogP contribution in [0.15, 0.2) is 54.6 Å². The summed E-state index contributed by atoms with van der Waals surface area (Å²) in [6.45, 7) is 2.34. The van der Waals surface area contributed by atoms with Crippen molar-refractivity contribution in [3.05, 3.63) is 64.7 Å². The van der Waals surface area contributed by atoms with Gasteiger partial charge in [-0.3, -0.25) is 0 Å². The highest BCUT2D eigenvalue weighted by Gasteiger charge is 2.15. The molecular formula is C15H16N2O2. The van der Waals surface area contributed by atoms with Crippen LogP contribution in [0.1, 0.15) is 13.3 Å². The molecule has 2 aromatic carbocycles. The van der Waals surface area contributed by atoms with E-state index in [1.807, 2.05) is 49.4 Å². The molecule has 2 rings (SSSR count). The first-order valence-electron chi connectivity index (χ1n) is 6.29. The van der Waals surface area contributed by atoms with Gasteiger partial charge in [-0.05, 0) is 29.7 Å². The van der Waals surface area contributed by atoms with Gasteiger partial charge in [0.25, 0.3) is 0 Å². The van der Waals surface area contributed by atoms with Gasteiger partial charge in [0.1, 0.15) is 5.69 Å².